The maximum atomic E-state index is 11.2. The van der Waals surface area contributed by atoms with Crippen LogP contribution in [0.3, 0.4) is 0 Å². The molecule has 0 bridgehead atoms. The minimum Gasteiger partial charge on any atom is -0.501 e. The first-order valence-corrected chi connectivity index (χ1v) is 6.39. The summed E-state index contributed by atoms with van der Waals surface area (Å²) in [6.07, 6.45) is 8.78. The Balaban J connectivity index is 4.61. The van der Waals surface area contributed by atoms with E-state index in [1.807, 2.05) is 32.9 Å². The first kappa shape index (κ1) is 17.3. The second-order valence-corrected chi connectivity index (χ2v) is 4.23. The molecule has 0 radical (unpaired) electrons. The summed E-state index contributed by atoms with van der Waals surface area (Å²) < 4.78 is 16.0. The van der Waals surface area contributed by atoms with Gasteiger partial charge in [-0.15, -0.1) is 0 Å². The van der Waals surface area contributed by atoms with Gasteiger partial charge in [-0.1, -0.05) is 25.7 Å². The van der Waals surface area contributed by atoms with Crippen molar-refractivity contribution < 1.29 is 19.0 Å². The smallest absolute Gasteiger partial charge is 0.330 e. The molecule has 0 atom stereocenters. The lowest BCUT2D eigenvalue weighted by atomic mass is 9.88. The summed E-state index contributed by atoms with van der Waals surface area (Å²) in [5, 5.41) is 0. The van der Waals surface area contributed by atoms with Gasteiger partial charge in [-0.2, -0.15) is 0 Å². The number of allylic oxidation sites excluding steroid dienone is 2. The minimum atomic E-state index is -0.435. The van der Waals surface area contributed by atoms with E-state index in [0.29, 0.717) is 13.2 Å². The molecular formula is C15H24O4. The Bertz CT molecular complexity index is 302. The third kappa shape index (κ3) is 7.34. The fourth-order valence-electron chi connectivity index (χ4n) is 1.36. The van der Waals surface area contributed by atoms with Crippen LogP contribution in [0.1, 0.15) is 27.2 Å². The molecule has 4 heteroatoms. The molecule has 0 rings (SSSR count). The molecule has 0 saturated heterocycles. The van der Waals surface area contributed by atoms with Crippen LogP contribution in [0, 0.1) is 5.41 Å². The van der Waals surface area contributed by atoms with Gasteiger partial charge in [0.2, 0.25) is 0 Å². The number of hydrogen-bond acceptors (Lipinski definition) is 4. The second kappa shape index (κ2) is 10.2. The van der Waals surface area contributed by atoms with Crippen LogP contribution in [0.5, 0.6) is 0 Å². The Morgan fingerprint density at radius 1 is 1.11 bits per heavy atom. The second-order valence-electron chi connectivity index (χ2n) is 4.23. The molecule has 0 spiro atoms. The molecule has 0 heterocycles. The van der Waals surface area contributed by atoms with Crippen LogP contribution in [0.2, 0.25) is 0 Å². The summed E-state index contributed by atoms with van der Waals surface area (Å²) >= 11 is 0. The van der Waals surface area contributed by atoms with E-state index in [-0.39, 0.29) is 12.0 Å². The Hall–Kier alpha value is -1.71. The van der Waals surface area contributed by atoms with Gasteiger partial charge in [-0.25, -0.2) is 4.79 Å². The van der Waals surface area contributed by atoms with Gasteiger partial charge < -0.3 is 14.2 Å². The topological polar surface area (TPSA) is 44.8 Å². The van der Waals surface area contributed by atoms with Gasteiger partial charge in [0.05, 0.1) is 31.2 Å². The Morgan fingerprint density at radius 3 is 2.00 bits per heavy atom. The first-order chi connectivity index (χ1) is 9.14. The number of carbonyl (C=O) groups is 1. The van der Waals surface area contributed by atoms with Crippen molar-refractivity contribution in [3.8, 4) is 0 Å². The molecule has 0 unspecified atom stereocenters. The molecule has 0 fully saturated rings. The van der Waals surface area contributed by atoms with Crippen molar-refractivity contribution in [3.63, 3.8) is 0 Å². The van der Waals surface area contributed by atoms with E-state index < -0.39 is 5.97 Å². The van der Waals surface area contributed by atoms with Crippen LogP contribution in [-0.2, 0) is 19.0 Å². The van der Waals surface area contributed by atoms with Gasteiger partial charge in [-0.05, 0) is 20.3 Å². The van der Waals surface area contributed by atoms with Crippen molar-refractivity contribution >= 4 is 5.97 Å². The molecule has 0 aliphatic heterocycles. The van der Waals surface area contributed by atoms with Gasteiger partial charge in [0, 0.05) is 6.08 Å². The van der Waals surface area contributed by atoms with Crippen molar-refractivity contribution in [1.29, 1.82) is 0 Å². The highest BCUT2D eigenvalue weighted by Crippen LogP contribution is 2.24. The van der Waals surface area contributed by atoms with E-state index >= 15 is 0 Å². The SMILES string of the molecule is C=CC(=O)OCC(CC)(COC=CC)COC=CC. The molecule has 0 aromatic heterocycles. The first-order valence-electron chi connectivity index (χ1n) is 6.39. The quantitative estimate of drug-likeness (QED) is 0.347. The zero-order valence-electron chi connectivity index (χ0n) is 12.1. The highest BCUT2D eigenvalue weighted by Gasteiger charge is 2.31. The van der Waals surface area contributed by atoms with Crippen LogP contribution in [0.25, 0.3) is 0 Å². The summed E-state index contributed by atoms with van der Waals surface area (Å²) in [4.78, 5) is 11.2. The van der Waals surface area contributed by atoms with Crippen molar-refractivity contribution in [2.75, 3.05) is 19.8 Å². The highest BCUT2D eigenvalue weighted by atomic mass is 16.5. The van der Waals surface area contributed by atoms with Crippen LogP contribution < -0.4 is 0 Å². The van der Waals surface area contributed by atoms with E-state index in [0.717, 1.165) is 12.5 Å². The predicted molar refractivity (Wildman–Crippen MR) is 75.4 cm³/mol. The van der Waals surface area contributed by atoms with E-state index in [2.05, 4.69) is 6.58 Å². The van der Waals surface area contributed by atoms with Gasteiger partial charge >= 0.3 is 5.97 Å². The Labute approximate surface area is 115 Å². The van der Waals surface area contributed by atoms with Crippen LogP contribution in [-0.4, -0.2) is 25.8 Å². The molecule has 0 aliphatic rings. The molecule has 0 aromatic carbocycles. The van der Waals surface area contributed by atoms with Crippen molar-refractivity contribution in [2.45, 2.75) is 27.2 Å². The third-order valence-electron chi connectivity index (χ3n) is 2.68. The monoisotopic (exact) mass is 268 g/mol. The average Bonchev–Trinajstić information content (AvgIpc) is 2.44. The van der Waals surface area contributed by atoms with Crippen molar-refractivity contribution in [2.24, 2.45) is 5.41 Å². The molecular weight excluding hydrogens is 244 g/mol. The number of hydrogen-bond donors (Lipinski definition) is 0. The minimum absolute atomic E-state index is 0.240. The molecule has 0 amide bonds. The number of ether oxygens (including phenoxy) is 3. The fraction of sp³-hybridized carbons (Fsp3) is 0.533. The third-order valence-corrected chi connectivity index (χ3v) is 2.68. The van der Waals surface area contributed by atoms with Crippen LogP contribution in [0.4, 0.5) is 0 Å². The largest absolute Gasteiger partial charge is 0.501 e. The van der Waals surface area contributed by atoms with Gasteiger partial charge in [0.1, 0.15) is 6.61 Å². The standard InChI is InChI=1S/C15H24O4/c1-5-9-17-11-15(8-4,12-18-10-6-2)13-19-14(16)7-3/h5-7,9-10H,3,8,11-13H2,1-2,4H3. The average molecular weight is 268 g/mol. The van der Waals surface area contributed by atoms with Crippen LogP contribution in [0.15, 0.2) is 37.3 Å². The predicted octanol–water partition coefficient (Wildman–Crippen LogP) is 3.21. The molecule has 19 heavy (non-hydrogen) atoms. The Morgan fingerprint density at radius 2 is 1.63 bits per heavy atom. The molecule has 108 valence electrons. The maximum absolute atomic E-state index is 11.2. The zero-order chi connectivity index (χ0) is 14.6. The van der Waals surface area contributed by atoms with E-state index in [4.69, 9.17) is 14.2 Å². The summed E-state index contributed by atoms with van der Waals surface area (Å²) in [5.74, 6) is -0.435. The lowest BCUT2D eigenvalue weighted by Crippen LogP contribution is -2.36. The van der Waals surface area contributed by atoms with E-state index in [9.17, 15) is 4.79 Å². The zero-order valence-corrected chi connectivity index (χ0v) is 12.1. The maximum Gasteiger partial charge on any atom is 0.330 e. The molecule has 0 aliphatic carbocycles. The fourth-order valence-corrected chi connectivity index (χ4v) is 1.36. The van der Waals surface area contributed by atoms with Crippen molar-refractivity contribution in [3.05, 3.63) is 37.3 Å². The number of carbonyl (C=O) groups excluding carboxylic acids is 1. The molecule has 0 aromatic rings. The lowest BCUT2D eigenvalue weighted by molar-refractivity contribution is -0.144. The Kier molecular flexibility index (Phi) is 9.31. The summed E-state index contributed by atoms with van der Waals surface area (Å²) in [5.41, 5.74) is -0.363. The van der Waals surface area contributed by atoms with Gasteiger partial charge in [0.25, 0.3) is 0 Å². The highest BCUT2D eigenvalue weighted by molar-refractivity contribution is 5.81. The lowest BCUT2D eigenvalue weighted by Gasteiger charge is -2.30. The molecule has 0 N–H and O–H groups in total. The summed E-state index contributed by atoms with van der Waals surface area (Å²) in [6, 6.07) is 0. The van der Waals surface area contributed by atoms with Gasteiger partial charge in [-0.3, -0.25) is 0 Å². The van der Waals surface area contributed by atoms with Gasteiger partial charge in [0.15, 0.2) is 0 Å². The summed E-state index contributed by atoms with van der Waals surface area (Å²) in [7, 11) is 0. The number of rotatable bonds is 10. The molecule has 4 nitrogen and oxygen atoms in total. The number of esters is 1. The summed E-state index contributed by atoms with van der Waals surface area (Å²) in [6.45, 7) is 10.2. The molecule has 0 saturated carbocycles. The van der Waals surface area contributed by atoms with Crippen LogP contribution >= 0.6 is 0 Å². The van der Waals surface area contributed by atoms with E-state index in [1.165, 1.54) is 0 Å². The van der Waals surface area contributed by atoms with Crippen molar-refractivity contribution in [1.82, 2.24) is 0 Å². The normalized spacial score (nSPS) is 14.3. The van der Waals surface area contributed by atoms with E-state index in [1.54, 1.807) is 12.5 Å².